The smallest absolute Gasteiger partial charge is 0.249 e. The van der Waals surface area contributed by atoms with E-state index < -0.39 is 40.0 Å². The highest BCUT2D eigenvalue weighted by atomic mass is 35.5. The van der Waals surface area contributed by atoms with E-state index in [0.717, 1.165) is 5.56 Å². The van der Waals surface area contributed by atoms with Gasteiger partial charge in [0, 0.05) is 22.0 Å². The van der Waals surface area contributed by atoms with Crippen molar-refractivity contribution in [2.24, 2.45) is 5.73 Å². The van der Waals surface area contributed by atoms with E-state index in [1.165, 1.54) is 4.31 Å². The molecule has 1 unspecified atom stereocenters. The monoisotopic (exact) mass is 647 g/mol. The Morgan fingerprint density at radius 3 is 2.23 bits per heavy atom. The van der Waals surface area contributed by atoms with E-state index in [9.17, 15) is 18.0 Å². The van der Waals surface area contributed by atoms with Gasteiger partial charge in [-0.05, 0) is 65.9 Å². The van der Waals surface area contributed by atoms with Crippen molar-refractivity contribution in [1.82, 2.24) is 9.62 Å². The molecule has 3 atom stereocenters. The zero-order valence-electron chi connectivity index (χ0n) is 23.9. The van der Waals surface area contributed by atoms with Gasteiger partial charge in [-0.2, -0.15) is 4.31 Å². The summed E-state index contributed by atoms with van der Waals surface area (Å²) >= 11 is 12.6. The van der Waals surface area contributed by atoms with Gasteiger partial charge >= 0.3 is 0 Å². The Morgan fingerprint density at radius 1 is 0.886 bits per heavy atom. The molecule has 7 nitrogen and oxygen atoms in total. The number of halogens is 2. The number of hydrogen-bond acceptors (Lipinski definition) is 4. The third-order valence-electron chi connectivity index (χ3n) is 7.68. The minimum Gasteiger partial charge on any atom is -0.368 e. The maximum absolute atomic E-state index is 14.7. The third-order valence-corrected chi connectivity index (χ3v) is 10.2. The maximum atomic E-state index is 14.7. The van der Waals surface area contributed by atoms with Crippen molar-refractivity contribution in [3.8, 4) is 0 Å². The summed E-state index contributed by atoms with van der Waals surface area (Å²) < 4.78 is 30.8. The van der Waals surface area contributed by atoms with Crippen molar-refractivity contribution in [1.29, 1.82) is 0 Å². The summed E-state index contributed by atoms with van der Waals surface area (Å²) in [5, 5.41) is 3.67. The molecule has 1 aliphatic rings. The van der Waals surface area contributed by atoms with E-state index in [1.54, 1.807) is 85.8 Å². The first-order chi connectivity index (χ1) is 21.1. The number of benzene rings is 4. The van der Waals surface area contributed by atoms with Crippen LogP contribution in [0.25, 0.3) is 0 Å². The van der Waals surface area contributed by atoms with Crippen LogP contribution in [0.1, 0.15) is 40.8 Å². The molecule has 226 valence electrons. The van der Waals surface area contributed by atoms with Crippen molar-refractivity contribution < 1.29 is 18.0 Å². The number of nitrogens with zero attached hydrogens (tertiary/aromatic N) is 1. The molecule has 0 radical (unpaired) electrons. The molecule has 0 fully saturated rings. The Balaban J connectivity index is 1.66. The van der Waals surface area contributed by atoms with Crippen LogP contribution in [-0.2, 0) is 26.0 Å². The third kappa shape index (κ3) is 6.74. The number of aryl methyl sites for hydroxylation is 1. The van der Waals surface area contributed by atoms with Gasteiger partial charge in [0.15, 0.2) is 0 Å². The lowest BCUT2D eigenvalue weighted by molar-refractivity contribution is -0.125. The van der Waals surface area contributed by atoms with Gasteiger partial charge in [0.1, 0.15) is 6.04 Å². The molecule has 0 aliphatic carbocycles. The highest BCUT2D eigenvalue weighted by molar-refractivity contribution is 7.89. The summed E-state index contributed by atoms with van der Waals surface area (Å²) in [6.45, 7) is 1.73. The minimum absolute atomic E-state index is 0.117. The van der Waals surface area contributed by atoms with Crippen molar-refractivity contribution in [3.63, 3.8) is 0 Å². The molecule has 4 aromatic carbocycles. The fraction of sp³-hybridized carbons (Fsp3) is 0.176. The van der Waals surface area contributed by atoms with Crippen LogP contribution < -0.4 is 11.1 Å². The van der Waals surface area contributed by atoms with Crippen LogP contribution >= 0.6 is 23.2 Å². The second-order valence-corrected chi connectivity index (χ2v) is 13.3. The first kappa shape index (κ1) is 31.5. The average molecular weight is 649 g/mol. The van der Waals surface area contributed by atoms with Gasteiger partial charge in [-0.1, -0.05) is 102 Å². The SMILES string of the molecule is Cc1ccccc1S(=O)(=O)N1C(c2ccc(Cl)cc2)CC=C(C(=O)N[C@@H](Cc2ccccc2)C(N)=O)[C@@H]1c1cccc(Cl)c1. The summed E-state index contributed by atoms with van der Waals surface area (Å²) in [5.74, 6) is -1.31. The van der Waals surface area contributed by atoms with Gasteiger partial charge in [-0.25, -0.2) is 8.42 Å². The number of nitrogens with one attached hydrogen (secondary N) is 1. The first-order valence-corrected chi connectivity index (χ1v) is 16.2. The zero-order chi connectivity index (χ0) is 31.4. The average Bonchev–Trinajstić information content (AvgIpc) is 3.01. The fourth-order valence-electron chi connectivity index (χ4n) is 5.54. The van der Waals surface area contributed by atoms with E-state index >= 15 is 0 Å². The fourth-order valence-corrected chi connectivity index (χ4v) is 7.87. The van der Waals surface area contributed by atoms with Crippen molar-refractivity contribution >= 4 is 45.0 Å². The Hall–Kier alpha value is -3.95. The highest BCUT2D eigenvalue weighted by Crippen LogP contribution is 2.46. The summed E-state index contributed by atoms with van der Waals surface area (Å²) in [4.78, 5) is 26.7. The molecule has 1 aliphatic heterocycles. The summed E-state index contributed by atoms with van der Waals surface area (Å²) in [6, 6.07) is 26.9. The van der Waals surface area contributed by atoms with E-state index in [-0.39, 0.29) is 23.3 Å². The molecule has 0 saturated heterocycles. The summed E-state index contributed by atoms with van der Waals surface area (Å²) in [5.41, 5.74) is 8.45. The molecule has 5 rings (SSSR count). The number of nitrogens with two attached hydrogens (primary N) is 1. The van der Waals surface area contributed by atoms with Gasteiger partial charge in [0.25, 0.3) is 0 Å². The molecule has 0 saturated carbocycles. The van der Waals surface area contributed by atoms with Crippen molar-refractivity contribution in [2.75, 3.05) is 0 Å². The number of amides is 2. The van der Waals surface area contributed by atoms with E-state index in [4.69, 9.17) is 28.9 Å². The van der Waals surface area contributed by atoms with Gasteiger partial charge in [0.2, 0.25) is 21.8 Å². The second kappa shape index (κ2) is 13.4. The summed E-state index contributed by atoms with van der Waals surface area (Å²) in [6.07, 6.45) is 2.09. The second-order valence-electron chi connectivity index (χ2n) is 10.6. The molecule has 4 aromatic rings. The number of hydrogen-bond donors (Lipinski definition) is 2. The first-order valence-electron chi connectivity index (χ1n) is 14.0. The standard InChI is InChI=1S/C34H31Cl2N3O4S/c1-22-8-5-6-13-31(22)44(42,43)39-30(24-14-16-26(35)17-15-24)19-18-28(32(39)25-11-7-12-27(36)21-25)34(41)38-29(33(37)40)20-23-9-3-2-4-10-23/h2-18,21,29-30,32H,19-20H2,1H3,(H2,37,40)(H,38,41)/t29-,30?,32-/m0/s1. The normalized spacial score (nSPS) is 17.8. The molecule has 44 heavy (non-hydrogen) atoms. The molecular weight excluding hydrogens is 617 g/mol. The quantitative estimate of drug-likeness (QED) is 0.222. The lowest BCUT2D eigenvalue weighted by Crippen LogP contribution is -2.49. The lowest BCUT2D eigenvalue weighted by Gasteiger charge is -2.41. The molecule has 2 amide bonds. The molecule has 0 bridgehead atoms. The van der Waals surface area contributed by atoms with Gasteiger partial charge in [-0.15, -0.1) is 0 Å². The molecule has 10 heteroatoms. The molecular formula is C34H31Cl2N3O4S. The number of sulfonamides is 1. The lowest BCUT2D eigenvalue weighted by atomic mass is 9.88. The van der Waals surface area contributed by atoms with Crippen LogP contribution in [0.4, 0.5) is 0 Å². The van der Waals surface area contributed by atoms with Crippen LogP contribution in [0, 0.1) is 6.92 Å². The summed E-state index contributed by atoms with van der Waals surface area (Å²) in [7, 11) is -4.23. The van der Waals surface area contributed by atoms with Crippen LogP contribution in [0.2, 0.25) is 10.0 Å². The Kier molecular flexibility index (Phi) is 9.56. The Bertz CT molecular complexity index is 1810. The van der Waals surface area contributed by atoms with E-state index in [1.807, 2.05) is 30.3 Å². The molecule has 1 heterocycles. The van der Waals surface area contributed by atoms with Crippen LogP contribution in [0.5, 0.6) is 0 Å². The Morgan fingerprint density at radius 2 is 1.57 bits per heavy atom. The van der Waals surface area contributed by atoms with E-state index in [0.29, 0.717) is 26.7 Å². The maximum Gasteiger partial charge on any atom is 0.249 e. The molecule has 0 spiro atoms. The minimum atomic E-state index is -4.23. The van der Waals surface area contributed by atoms with Crippen LogP contribution in [-0.4, -0.2) is 30.6 Å². The zero-order valence-corrected chi connectivity index (χ0v) is 26.2. The van der Waals surface area contributed by atoms with E-state index in [2.05, 4.69) is 5.32 Å². The number of primary amides is 1. The molecule has 3 N–H and O–H groups in total. The number of rotatable bonds is 9. The highest BCUT2D eigenvalue weighted by Gasteiger charge is 2.45. The van der Waals surface area contributed by atoms with Crippen molar-refractivity contribution in [2.45, 2.75) is 42.8 Å². The number of carbonyl (C=O) groups excluding carboxylic acids is 2. The van der Waals surface area contributed by atoms with Gasteiger partial charge in [0.05, 0.1) is 17.0 Å². The largest absolute Gasteiger partial charge is 0.368 e. The predicted octanol–water partition coefficient (Wildman–Crippen LogP) is 6.32. The Labute approximate surface area is 267 Å². The van der Waals surface area contributed by atoms with Crippen LogP contribution in [0.15, 0.2) is 120 Å². The van der Waals surface area contributed by atoms with Gasteiger partial charge in [-0.3, -0.25) is 9.59 Å². The van der Waals surface area contributed by atoms with Crippen molar-refractivity contribution in [3.05, 3.63) is 147 Å². The topological polar surface area (TPSA) is 110 Å². The number of carbonyl (C=O) groups is 2. The molecule has 0 aromatic heterocycles. The van der Waals surface area contributed by atoms with Crippen LogP contribution in [0.3, 0.4) is 0 Å². The predicted molar refractivity (Wildman–Crippen MR) is 173 cm³/mol. The van der Waals surface area contributed by atoms with Gasteiger partial charge < -0.3 is 11.1 Å².